The molecule has 0 amide bonds. The van der Waals surface area contributed by atoms with E-state index in [1.54, 1.807) is 31.3 Å². The number of thiazole rings is 1. The second kappa shape index (κ2) is 47.3. The predicted octanol–water partition coefficient (Wildman–Crippen LogP) is 31.1. The number of aromatic nitrogens is 2. The van der Waals surface area contributed by atoms with Crippen molar-refractivity contribution < 1.29 is 31.5 Å². The summed E-state index contributed by atoms with van der Waals surface area (Å²) in [5, 5.41) is 11.1. The van der Waals surface area contributed by atoms with Gasteiger partial charge in [-0.3, -0.25) is 4.98 Å². The minimum absolute atomic E-state index is 0. The highest BCUT2D eigenvalue weighted by atomic mass is 35.5. The van der Waals surface area contributed by atoms with Gasteiger partial charge in [-0.25, -0.2) is 9.37 Å². The maximum Gasteiger partial charge on any atom is 0.416 e. The van der Waals surface area contributed by atoms with Crippen molar-refractivity contribution in [3.63, 3.8) is 0 Å². The molecular formula is C104H115Cl2F4N3O3S. The zero-order valence-electron chi connectivity index (χ0n) is 69.7. The van der Waals surface area contributed by atoms with Crippen LogP contribution in [0, 0.1) is 136 Å². The van der Waals surface area contributed by atoms with E-state index in [0.717, 1.165) is 108 Å². The zero-order chi connectivity index (χ0) is 84.1. The minimum atomic E-state index is -4.21. The lowest BCUT2D eigenvalue weighted by atomic mass is 10.1. The van der Waals surface area contributed by atoms with Crippen LogP contribution in [-0.4, -0.2) is 28.7 Å². The van der Waals surface area contributed by atoms with Crippen molar-refractivity contribution in [1.82, 2.24) is 9.97 Å². The molecule has 612 valence electrons. The lowest BCUT2D eigenvalue weighted by Crippen LogP contribution is -2.27. The van der Waals surface area contributed by atoms with Gasteiger partial charge in [0.15, 0.2) is 0 Å². The van der Waals surface area contributed by atoms with E-state index in [-0.39, 0.29) is 26.8 Å². The third-order valence-electron chi connectivity index (χ3n) is 17.9. The van der Waals surface area contributed by atoms with Crippen molar-refractivity contribution in [3.8, 4) is 23.8 Å². The van der Waals surface area contributed by atoms with Gasteiger partial charge in [0.05, 0.1) is 38.5 Å². The Morgan fingerprint density at radius 2 is 0.889 bits per heavy atom. The Labute approximate surface area is 708 Å². The van der Waals surface area contributed by atoms with Gasteiger partial charge in [-0.05, 0) is 279 Å². The number of benzene rings is 12. The first-order chi connectivity index (χ1) is 54.5. The second-order valence-electron chi connectivity index (χ2n) is 29.3. The van der Waals surface area contributed by atoms with Gasteiger partial charge in [-0.1, -0.05) is 245 Å². The summed E-state index contributed by atoms with van der Waals surface area (Å²) in [6, 6.07) is 82.8. The number of alkyl halides is 3. The Hall–Kier alpha value is -11.0. The fraction of sp³-hybridized carbons (Fsp3) is 0.250. The lowest BCUT2D eigenvalue weighted by molar-refractivity contribution is -0.137. The number of nitrogens with one attached hydrogen (secondary N) is 1. The summed E-state index contributed by atoms with van der Waals surface area (Å²) in [4.78, 5) is 8.81. The maximum absolute atomic E-state index is 12.6. The number of furan rings is 1. The molecule has 17 rings (SSSR count). The Morgan fingerprint density at radius 3 is 1.45 bits per heavy atom. The van der Waals surface area contributed by atoms with E-state index in [9.17, 15) is 17.6 Å². The molecule has 2 aliphatic rings. The first-order valence-electron chi connectivity index (χ1n) is 38.3. The normalized spacial score (nSPS) is 12.1. The monoisotopic (exact) mass is 1630 g/mol. The highest BCUT2D eigenvalue weighted by Crippen LogP contribution is 2.33. The molecule has 0 saturated heterocycles. The van der Waals surface area contributed by atoms with Crippen molar-refractivity contribution in [2.24, 2.45) is 0 Å². The van der Waals surface area contributed by atoms with E-state index in [0.29, 0.717) is 11.7 Å². The summed E-state index contributed by atoms with van der Waals surface area (Å²) < 4.78 is 66.2. The van der Waals surface area contributed by atoms with Gasteiger partial charge < -0.3 is 19.2 Å². The summed E-state index contributed by atoms with van der Waals surface area (Å²) in [5.41, 5.74) is 23.6. The van der Waals surface area contributed by atoms with E-state index >= 15 is 0 Å². The number of pyridine rings is 1. The van der Waals surface area contributed by atoms with Crippen LogP contribution in [0.2, 0.25) is 10.0 Å². The van der Waals surface area contributed by atoms with Gasteiger partial charge in [0.2, 0.25) is 0 Å². The molecule has 13 heteroatoms. The summed E-state index contributed by atoms with van der Waals surface area (Å²) in [6.45, 7) is 39.3. The fourth-order valence-electron chi connectivity index (χ4n) is 11.6. The van der Waals surface area contributed by atoms with Gasteiger partial charge in [0.1, 0.15) is 40.9 Å². The van der Waals surface area contributed by atoms with Crippen molar-refractivity contribution in [2.75, 3.05) is 11.9 Å². The van der Waals surface area contributed by atoms with Crippen molar-refractivity contribution in [3.05, 3.63) is 382 Å². The lowest BCUT2D eigenvalue weighted by Gasteiger charge is -2.24. The number of hydrogen-bond donors (Lipinski definition) is 1. The van der Waals surface area contributed by atoms with Crippen molar-refractivity contribution in [2.45, 2.75) is 171 Å². The third-order valence-corrected chi connectivity index (χ3v) is 19.5. The van der Waals surface area contributed by atoms with Gasteiger partial charge in [-0.2, -0.15) is 13.2 Å². The van der Waals surface area contributed by atoms with E-state index < -0.39 is 11.7 Å². The SMILES string of the molecule is C.C.C#Cc1ccc(C)cc1.CC1CNc2cc(Cl)ccc2O1.Cc1ccc(C(F)(F)F)cc1.Cc1ccc(C)c(F)c1.Cc1ccc(C)cc1.Cc1ccc(Cl)c(C)c1.Cc1ccc2c(c1)CC(C)O2.Cc1ccc2cc(C)ccc2c1.Cc1ccc2nc(C)ccc2c1.Cc1ccc2oc(C)cc2c1.Cc1ccc2sc(C)nc2c1. The zero-order valence-corrected chi connectivity index (χ0v) is 72.0. The summed E-state index contributed by atoms with van der Waals surface area (Å²) in [7, 11) is 0. The number of aryl methyl sites for hydroxylation is 17. The minimum Gasteiger partial charge on any atom is -0.490 e. The molecule has 6 nitrogen and oxygen atoms in total. The van der Waals surface area contributed by atoms with Crippen LogP contribution in [0.1, 0.15) is 140 Å². The number of halogens is 6. The molecule has 2 unspecified atom stereocenters. The quantitative estimate of drug-likeness (QED) is 0.121. The van der Waals surface area contributed by atoms with Crippen LogP contribution in [0.5, 0.6) is 11.5 Å². The van der Waals surface area contributed by atoms with Gasteiger partial charge in [-0.15, -0.1) is 17.8 Å². The van der Waals surface area contributed by atoms with Gasteiger partial charge >= 0.3 is 6.18 Å². The highest BCUT2D eigenvalue weighted by Gasteiger charge is 2.29. The summed E-state index contributed by atoms with van der Waals surface area (Å²) in [5.74, 6) is 5.38. The average molecular weight is 1630 g/mol. The molecule has 15 aromatic rings. The van der Waals surface area contributed by atoms with Crippen molar-refractivity contribution >= 4 is 83.1 Å². The largest absolute Gasteiger partial charge is 0.490 e. The molecule has 0 fully saturated rings. The van der Waals surface area contributed by atoms with Crippen molar-refractivity contribution in [1.29, 1.82) is 0 Å². The van der Waals surface area contributed by atoms with Crippen LogP contribution in [0.4, 0.5) is 23.2 Å². The number of ether oxygens (including phenoxy) is 2. The number of fused-ring (bicyclic) bond motifs is 6. The second-order valence-corrected chi connectivity index (χ2v) is 31.4. The van der Waals surface area contributed by atoms with Crippen LogP contribution < -0.4 is 14.8 Å². The van der Waals surface area contributed by atoms with E-state index in [1.807, 2.05) is 121 Å². The molecule has 1 N–H and O–H groups in total. The first-order valence-corrected chi connectivity index (χ1v) is 39.9. The molecule has 0 radical (unpaired) electrons. The molecule has 117 heavy (non-hydrogen) atoms. The highest BCUT2D eigenvalue weighted by molar-refractivity contribution is 7.18. The molecule has 0 saturated carbocycles. The van der Waals surface area contributed by atoms with E-state index in [1.165, 1.54) is 106 Å². The predicted molar refractivity (Wildman–Crippen MR) is 496 cm³/mol. The number of nitrogens with zero attached hydrogens (tertiary/aromatic N) is 2. The Balaban J connectivity index is 0.000000230. The van der Waals surface area contributed by atoms with Crippen LogP contribution in [0.3, 0.4) is 0 Å². The average Bonchev–Trinajstić information content (AvgIpc) is 1.38. The molecule has 2 aliphatic heterocycles. The molecule has 5 heterocycles. The molecule has 3 aromatic heterocycles. The summed E-state index contributed by atoms with van der Waals surface area (Å²) >= 11 is 13.3. The van der Waals surface area contributed by atoms with Crippen LogP contribution >= 0.6 is 34.5 Å². The number of rotatable bonds is 0. The van der Waals surface area contributed by atoms with E-state index in [2.05, 4.69) is 236 Å². The molecule has 2 atom stereocenters. The number of terminal acetylenes is 1. The summed E-state index contributed by atoms with van der Waals surface area (Å²) in [6.07, 6.45) is 2.60. The fourth-order valence-corrected chi connectivity index (χ4v) is 12.7. The third kappa shape index (κ3) is 33.6. The van der Waals surface area contributed by atoms with Crippen LogP contribution in [0.15, 0.2) is 259 Å². The molecular weight excluding hydrogens is 1520 g/mol. The Kier molecular flexibility index (Phi) is 39.0. The van der Waals surface area contributed by atoms with Crippen LogP contribution in [-0.2, 0) is 12.6 Å². The van der Waals surface area contributed by atoms with Gasteiger partial charge in [0, 0.05) is 38.5 Å². The molecule has 0 spiro atoms. The Morgan fingerprint density at radius 1 is 0.427 bits per heavy atom. The standard InChI is InChI=1S/C12H12.C11H11N.C10H12O.C10H10O.C9H10ClNO.C9H9NS.C9H8.C8H9Cl.C8H7F3.C8H9F.C8H10.2CH4/c1-9-3-5-12-8-10(2)4-6-11(12)7-9;1-8-3-6-11-10(7-8)5-4-9(2)12-11;2*1-7-3-4-10-9(5-7)6-8(2)11-10;1-6-5-11-8-4-7(10)2-3-9(8)12-6;1-6-3-4-9-8(5-6)10-7(2)11-9;1-3-9-6-4-8(2)5-7-9;1-6-3-4-8(9)7(2)5-6;1-6-2-4-7(5-3-6)8(9,10)11;1-6-3-4-7(2)8(9)5-6;1-7-3-5-8(2)6-4-7;;/h3-8H,1-2H3;3-7H,1-2H3;3-5,8H,6H2,1-2H3;3-6H,1-2H3;2-4,6,11H,5H2,1H3;3-5H,1-2H3;1,4-7H,2H3;3-5H,1-2H3;2-5H,1H3;3-5H,1-2H3;3-6H,1-2H3;2*1H4. The Bertz CT molecular complexity index is 5330. The number of anilines is 1. The topological polar surface area (TPSA) is 69.4 Å². The van der Waals surface area contributed by atoms with E-state index in [4.69, 9.17) is 43.5 Å². The first kappa shape index (κ1) is 96.6. The van der Waals surface area contributed by atoms with Gasteiger partial charge in [0.25, 0.3) is 0 Å². The smallest absolute Gasteiger partial charge is 0.416 e. The molecule has 12 aromatic carbocycles. The maximum atomic E-state index is 12.6. The molecule has 0 bridgehead atoms. The number of hydrogen-bond acceptors (Lipinski definition) is 7. The molecule has 0 aliphatic carbocycles. The van der Waals surface area contributed by atoms with Crippen LogP contribution in [0.25, 0.3) is 42.9 Å².